The van der Waals surface area contributed by atoms with Crippen molar-refractivity contribution in [1.82, 2.24) is 8.75 Å². The van der Waals surface area contributed by atoms with Gasteiger partial charge in [-0.15, -0.1) is 22.7 Å². The van der Waals surface area contributed by atoms with Crippen molar-refractivity contribution in [1.29, 1.82) is 0 Å². The van der Waals surface area contributed by atoms with Gasteiger partial charge in [-0.25, -0.2) is 0 Å². The molecule has 2 atom stereocenters. The molecule has 3 aromatic heterocycles. The highest BCUT2D eigenvalue weighted by molar-refractivity contribution is 7.16. The van der Waals surface area contributed by atoms with Crippen LogP contribution in [0.3, 0.4) is 0 Å². The number of thiophene rings is 2. The van der Waals surface area contributed by atoms with Crippen LogP contribution >= 0.6 is 34.4 Å². The summed E-state index contributed by atoms with van der Waals surface area (Å²) in [5.74, 6) is 1.08. The summed E-state index contributed by atoms with van der Waals surface area (Å²) >= 11 is 3.87. The smallest absolute Gasteiger partial charge is 0.258 e. The Morgan fingerprint density at radius 1 is 0.707 bits per heavy atom. The molecule has 0 aliphatic rings. The summed E-state index contributed by atoms with van der Waals surface area (Å²) < 4.78 is 8.94. The molecule has 0 radical (unpaired) electrons. The third-order valence-electron chi connectivity index (χ3n) is 7.91. The maximum Gasteiger partial charge on any atom is 0.357 e. The van der Waals surface area contributed by atoms with Gasteiger partial charge in [-0.1, -0.05) is 79.1 Å². The predicted molar refractivity (Wildman–Crippen MR) is 171 cm³/mol. The first kappa shape index (κ1) is 31.2. The third kappa shape index (κ3) is 7.01. The van der Waals surface area contributed by atoms with Gasteiger partial charge in [0.25, 0.3) is 0 Å². The zero-order valence-electron chi connectivity index (χ0n) is 24.2. The summed E-state index contributed by atoms with van der Waals surface area (Å²) in [4.78, 5) is 27.4. The standard InChI is InChI=1S/C30H38N4O4S3/c1-5-9-11-19(7-3)17-21-13-15-23(39-21)25-27-28(32-41-31-27)26(30(34(37)38)29(25)33(35)36)24-16-14-22(40-24)18-20(8-4)12-10-6-2/h13-16,19-20H,5-12,17-18H2,1-4H3. The number of hydrogen-bond acceptors (Lipinski definition) is 9. The first-order valence-electron chi connectivity index (χ1n) is 14.6. The topological polar surface area (TPSA) is 112 Å². The van der Waals surface area contributed by atoms with Crippen LogP contribution in [-0.2, 0) is 12.8 Å². The summed E-state index contributed by atoms with van der Waals surface area (Å²) in [7, 11) is 0. The van der Waals surface area contributed by atoms with Gasteiger partial charge in [0.15, 0.2) is 0 Å². The van der Waals surface area contributed by atoms with Gasteiger partial charge < -0.3 is 0 Å². The molecule has 4 rings (SSSR count). The normalized spacial score (nSPS) is 13.1. The second kappa shape index (κ2) is 14.4. The third-order valence-corrected chi connectivity index (χ3v) is 10.7. The van der Waals surface area contributed by atoms with Crippen LogP contribution in [0.1, 0.15) is 88.8 Å². The van der Waals surface area contributed by atoms with Gasteiger partial charge in [0, 0.05) is 19.5 Å². The lowest BCUT2D eigenvalue weighted by Gasteiger charge is -2.13. The molecule has 0 fully saturated rings. The summed E-state index contributed by atoms with van der Waals surface area (Å²) in [6.07, 6.45) is 10.8. The first-order chi connectivity index (χ1) is 19.8. The zero-order valence-corrected chi connectivity index (χ0v) is 26.6. The Balaban J connectivity index is 1.82. The lowest BCUT2D eigenvalue weighted by atomic mass is 9.95. The predicted octanol–water partition coefficient (Wildman–Crippen LogP) is 10.5. The fraction of sp³-hybridized carbons (Fsp3) is 0.533. The number of hydrogen-bond donors (Lipinski definition) is 0. The number of rotatable bonds is 16. The maximum atomic E-state index is 12.6. The van der Waals surface area contributed by atoms with Gasteiger partial charge in [0.05, 0.1) is 21.6 Å². The number of nitro benzene ring substituents is 2. The fourth-order valence-corrected chi connectivity index (χ4v) is 8.40. The molecule has 0 saturated carbocycles. The van der Waals surface area contributed by atoms with Crippen LogP contribution in [0.4, 0.5) is 11.4 Å². The van der Waals surface area contributed by atoms with Crippen LogP contribution in [0.5, 0.6) is 0 Å². The highest BCUT2D eigenvalue weighted by atomic mass is 32.1. The van der Waals surface area contributed by atoms with Crippen LogP contribution in [0, 0.1) is 32.1 Å². The largest absolute Gasteiger partial charge is 0.357 e. The molecule has 220 valence electrons. The van der Waals surface area contributed by atoms with Gasteiger partial charge in [-0.05, 0) is 48.9 Å². The minimum absolute atomic E-state index is 0.203. The van der Waals surface area contributed by atoms with E-state index in [-0.39, 0.29) is 11.1 Å². The Morgan fingerprint density at radius 2 is 1.12 bits per heavy atom. The minimum Gasteiger partial charge on any atom is -0.258 e. The van der Waals surface area contributed by atoms with Crippen molar-refractivity contribution in [2.75, 3.05) is 0 Å². The molecular formula is C30H38N4O4S3. The molecular weight excluding hydrogens is 577 g/mol. The highest BCUT2D eigenvalue weighted by Gasteiger charge is 2.39. The lowest BCUT2D eigenvalue weighted by Crippen LogP contribution is -2.02. The van der Waals surface area contributed by atoms with Gasteiger partial charge in [0.1, 0.15) is 22.2 Å². The Bertz CT molecular complexity index is 1380. The number of nitro groups is 2. The molecule has 41 heavy (non-hydrogen) atoms. The number of nitrogens with zero attached hydrogens (tertiary/aromatic N) is 4. The molecule has 0 amide bonds. The van der Waals surface area contributed by atoms with Gasteiger partial charge in [0.2, 0.25) is 0 Å². The number of unbranched alkanes of at least 4 members (excludes halogenated alkanes) is 2. The van der Waals surface area contributed by atoms with E-state index < -0.39 is 21.2 Å². The number of aromatic nitrogens is 2. The Morgan fingerprint density at radius 3 is 1.46 bits per heavy atom. The second-order valence-corrected chi connectivity index (χ2v) is 13.6. The van der Waals surface area contributed by atoms with E-state index in [1.54, 1.807) is 0 Å². The van der Waals surface area contributed by atoms with Crippen LogP contribution in [0.25, 0.3) is 31.9 Å². The molecule has 0 aliphatic carbocycles. The van der Waals surface area contributed by atoms with Crippen molar-refractivity contribution in [2.24, 2.45) is 11.8 Å². The lowest BCUT2D eigenvalue weighted by molar-refractivity contribution is -0.421. The molecule has 3 heterocycles. The van der Waals surface area contributed by atoms with Crippen molar-refractivity contribution in [3.05, 3.63) is 54.2 Å². The van der Waals surface area contributed by atoms with E-state index >= 15 is 0 Å². The summed E-state index contributed by atoms with van der Waals surface area (Å²) in [5.41, 5.74) is 0.127. The van der Waals surface area contributed by atoms with E-state index in [4.69, 9.17) is 0 Å². The van der Waals surface area contributed by atoms with E-state index in [1.807, 2.05) is 24.3 Å². The van der Waals surface area contributed by atoms with E-state index in [2.05, 4.69) is 36.4 Å². The molecule has 4 aromatic rings. The van der Waals surface area contributed by atoms with Gasteiger partial charge in [-0.2, -0.15) is 8.75 Å². The number of benzene rings is 1. The molecule has 0 aliphatic heterocycles. The van der Waals surface area contributed by atoms with Crippen LogP contribution < -0.4 is 0 Å². The average molecular weight is 615 g/mol. The van der Waals surface area contributed by atoms with Crippen molar-refractivity contribution in [3.8, 4) is 20.9 Å². The minimum atomic E-state index is -0.613. The monoisotopic (exact) mass is 614 g/mol. The van der Waals surface area contributed by atoms with Crippen molar-refractivity contribution in [2.45, 2.75) is 91.9 Å². The first-order valence-corrected chi connectivity index (χ1v) is 17.0. The van der Waals surface area contributed by atoms with Crippen LogP contribution in [-0.4, -0.2) is 18.6 Å². The second-order valence-electron chi connectivity index (χ2n) is 10.7. The maximum absolute atomic E-state index is 12.6. The van der Waals surface area contributed by atoms with Crippen LogP contribution in [0.2, 0.25) is 0 Å². The van der Waals surface area contributed by atoms with Gasteiger partial charge in [-0.3, -0.25) is 20.2 Å². The molecule has 2 unspecified atom stereocenters. The molecule has 0 bridgehead atoms. The Hall–Kier alpha value is -2.76. The summed E-state index contributed by atoms with van der Waals surface area (Å²) in [6, 6.07) is 7.69. The SMILES string of the molecule is CCCCC(CC)Cc1ccc(-c2c([N+](=O)[O-])c([N+](=O)[O-])c(-c3ccc(CC(CC)CCCC)s3)c3nsnc23)s1. The van der Waals surface area contributed by atoms with E-state index in [0.29, 0.717) is 32.6 Å². The summed E-state index contributed by atoms with van der Waals surface area (Å²) in [6.45, 7) is 8.75. The fourth-order valence-electron chi connectivity index (χ4n) is 5.50. The van der Waals surface area contributed by atoms with Gasteiger partial charge >= 0.3 is 11.4 Å². The number of fused-ring (bicyclic) bond motifs is 1. The zero-order chi connectivity index (χ0) is 29.5. The highest BCUT2D eigenvalue weighted by Crippen LogP contribution is 2.52. The molecule has 8 nitrogen and oxygen atoms in total. The Labute approximate surface area is 253 Å². The molecule has 1 aromatic carbocycles. The molecule has 0 N–H and O–H groups in total. The quantitative estimate of drug-likeness (QED) is 0.0916. The van der Waals surface area contributed by atoms with Crippen LogP contribution in [0.15, 0.2) is 24.3 Å². The van der Waals surface area contributed by atoms with Crippen molar-refractivity contribution in [3.63, 3.8) is 0 Å². The van der Waals surface area contributed by atoms with E-state index in [1.165, 1.54) is 35.5 Å². The molecule has 0 saturated heterocycles. The summed E-state index contributed by atoms with van der Waals surface area (Å²) in [5, 5.41) is 25.1. The van der Waals surface area contributed by atoms with Crippen molar-refractivity contribution >= 4 is 56.8 Å². The van der Waals surface area contributed by atoms with E-state index in [9.17, 15) is 20.2 Å². The van der Waals surface area contributed by atoms with E-state index in [0.717, 1.165) is 72.8 Å². The van der Waals surface area contributed by atoms with Crippen molar-refractivity contribution < 1.29 is 9.85 Å². The molecule has 0 spiro atoms. The molecule has 11 heteroatoms. The average Bonchev–Trinajstić information content (AvgIpc) is 3.73. The Kier molecular flexibility index (Phi) is 11.0.